The number of carbonyl (C=O) groups is 4. The Kier molecular flexibility index (Phi) is 10.3. The van der Waals surface area contributed by atoms with Gasteiger partial charge in [0.25, 0.3) is 5.91 Å². The number of carboxylic acid groups (broad SMARTS) is 1. The normalized spacial score (nSPS) is 18.3. The first kappa shape index (κ1) is 32.2. The van der Waals surface area contributed by atoms with Crippen LogP contribution in [-0.4, -0.2) is 40.5 Å². The molecule has 0 aromatic heterocycles. The van der Waals surface area contributed by atoms with Crippen molar-refractivity contribution >= 4 is 52.6 Å². The van der Waals surface area contributed by atoms with Gasteiger partial charge in [0.15, 0.2) is 0 Å². The van der Waals surface area contributed by atoms with E-state index in [0.717, 1.165) is 5.57 Å². The van der Waals surface area contributed by atoms with E-state index in [4.69, 9.17) is 27.9 Å². The first-order chi connectivity index (χ1) is 19.1. The molecule has 2 amide bonds. The van der Waals surface area contributed by atoms with Crippen LogP contribution in [0.3, 0.4) is 0 Å². The van der Waals surface area contributed by atoms with Gasteiger partial charge in [-0.3, -0.25) is 9.59 Å². The summed E-state index contributed by atoms with van der Waals surface area (Å²) in [4.78, 5) is 50.1. The fourth-order valence-corrected chi connectivity index (χ4v) is 5.41. The van der Waals surface area contributed by atoms with Gasteiger partial charge in [0, 0.05) is 24.1 Å². The van der Waals surface area contributed by atoms with Gasteiger partial charge in [0.05, 0.1) is 15.6 Å². The highest BCUT2D eigenvalue weighted by Crippen LogP contribution is 2.43. The number of rotatable bonds is 8. The van der Waals surface area contributed by atoms with Crippen LogP contribution < -0.4 is 10.6 Å². The highest BCUT2D eigenvalue weighted by Gasteiger charge is 2.37. The third-order valence-electron chi connectivity index (χ3n) is 6.91. The molecule has 2 aromatic carbocycles. The summed E-state index contributed by atoms with van der Waals surface area (Å²) in [5, 5.41) is 15.7. The van der Waals surface area contributed by atoms with Crippen LogP contribution in [0.2, 0.25) is 10.0 Å². The number of carboxylic acids is 1. The third kappa shape index (κ3) is 9.07. The average Bonchev–Trinajstić information content (AvgIpc) is 2.84. The van der Waals surface area contributed by atoms with Crippen LogP contribution in [0.1, 0.15) is 69.8 Å². The third-order valence-corrected chi connectivity index (χ3v) is 7.54. The lowest BCUT2D eigenvalue weighted by Crippen LogP contribution is -2.46. The Morgan fingerprint density at radius 1 is 1.07 bits per heavy atom. The molecule has 0 aliphatic heterocycles. The molecule has 10 heteroatoms. The van der Waals surface area contributed by atoms with Crippen LogP contribution in [0.25, 0.3) is 0 Å². The van der Waals surface area contributed by atoms with E-state index in [1.54, 1.807) is 63.2 Å². The molecule has 1 saturated carbocycles. The van der Waals surface area contributed by atoms with Crippen LogP contribution in [0.15, 0.2) is 54.1 Å². The fraction of sp³-hybridized carbons (Fsp3) is 0.419. The number of benzene rings is 2. The number of hydrogen-bond donors (Lipinski definition) is 3. The first-order valence-corrected chi connectivity index (χ1v) is 14.1. The topological polar surface area (TPSA) is 122 Å². The summed E-state index contributed by atoms with van der Waals surface area (Å²) in [7, 11) is 0. The summed E-state index contributed by atoms with van der Waals surface area (Å²) in [6, 6.07) is 10.3. The number of amides is 2. The molecular formula is C31H36Cl2N2O6. The number of hydrogen-bond acceptors (Lipinski definition) is 5. The summed E-state index contributed by atoms with van der Waals surface area (Å²) in [5.41, 5.74) is 1.19. The van der Waals surface area contributed by atoms with E-state index in [1.807, 2.05) is 13.8 Å². The van der Waals surface area contributed by atoms with Crippen molar-refractivity contribution in [2.45, 2.75) is 71.9 Å². The molecule has 220 valence electrons. The maximum Gasteiger partial charge on any atom is 0.331 e. The molecule has 0 heterocycles. The van der Waals surface area contributed by atoms with E-state index in [1.165, 1.54) is 6.08 Å². The van der Waals surface area contributed by atoms with Crippen molar-refractivity contribution in [3.8, 4) is 0 Å². The van der Waals surface area contributed by atoms with E-state index in [-0.39, 0.29) is 27.9 Å². The zero-order valence-corrected chi connectivity index (χ0v) is 25.4. The van der Waals surface area contributed by atoms with E-state index in [2.05, 4.69) is 10.6 Å². The van der Waals surface area contributed by atoms with Gasteiger partial charge in [-0.15, -0.1) is 0 Å². The average molecular weight is 604 g/mol. The summed E-state index contributed by atoms with van der Waals surface area (Å²) >= 11 is 12.2. The van der Waals surface area contributed by atoms with Crippen LogP contribution >= 0.6 is 23.2 Å². The lowest BCUT2D eigenvalue weighted by molar-refractivity contribution is -0.148. The SMILES string of the molecule is CC(C)(C)OC(=O)/C=C1\CCC(C(=O)N[C@@H](Cc2ccc(NC(=O)c3c(Cl)cccc3Cl)cc2)C(=O)O)CC1(C)C. The minimum atomic E-state index is -1.15. The summed E-state index contributed by atoms with van der Waals surface area (Å²) in [6.07, 6.45) is 3.10. The maximum absolute atomic E-state index is 13.1. The second-order valence-electron chi connectivity index (χ2n) is 11.9. The Labute approximate surface area is 250 Å². The molecule has 3 N–H and O–H groups in total. The van der Waals surface area contributed by atoms with Gasteiger partial charge in [-0.1, -0.05) is 60.8 Å². The molecule has 1 unspecified atom stereocenters. The van der Waals surface area contributed by atoms with Crippen molar-refractivity contribution in [2.75, 3.05) is 5.32 Å². The van der Waals surface area contributed by atoms with Crippen LogP contribution in [-0.2, 0) is 25.5 Å². The number of nitrogens with one attached hydrogen (secondary N) is 2. The largest absolute Gasteiger partial charge is 0.480 e. The predicted molar refractivity (Wildman–Crippen MR) is 159 cm³/mol. The monoisotopic (exact) mass is 602 g/mol. The molecule has 2 aromatic rings. The van der Waals surface area contributed by atoms with Crippen molar-refractivity contribution in [1.82, 2.24) is 5.32 Å². The highest BCUT2D eigenvalue weighted by molar-refractivity contribution is 6.40. The van der Waals surface area contributed by atoms with Crippen molar-refractivity contribution in [2.24, 2.45) is 11.3 Å². The number of allylic oxidation sites excluding steroid dienone is 1. The van der Waals surface area contributed by atoms with Crippen molar-refractivity contribution in [3.05, 3.63) is 75.3 Å². The number of halogens is 2. The van der Waals surface area contributed by atoms with Gasteiger partial charge in [-0.2, -0.15) is 0 Å². The molecule has 0 saturated heterocycles. The van der Waals surface area contributed by atoms with Gasteiger partial charge in [0.2, 0.25) is 5.91 Å². The molecule has 1 aliphatic carbocycles. The molecule has 8 nitrogen and oxygen atoms in total. The Morgan fingerprint density at radius 3 is 2.22 bits per heavy atom. The van der Waals surface area contributed by atoms with Gasteiger partial charge < -0.3 is 20.5 Å². The van der Waals surface area contributed by atoms with Crippen molar-refractivity contribution < 1.29 is 29.0 Å². The van der Waals surface area contributed by atoms with Crippen molar-refractivity contribution in [3.63, 3.8) is 0 Å². The quantitative estimate of drug-likeness (QED) is 0.236. The van der Waals surface area contributed by atoms with Crippen molar-refractivity contribution in [1.29, 1.82) is 0 Å². The number of carbonyl (C=O) groups excluding carboxylic acids is 3. The van der Waals surface area contributed by atoms with Gasteiger partial charge in [0.1, 0.15) is 11.6 Å². The molecule has 3 rings (SSSR count). The molecule has 1 fully saturated rings. The lowest BCUT2D eigenvalue weighted by Gasteiger charge is -2.37. The molecule has 0 spiro atoms. The Balaban J connectivity index is 1.61. The standard InChI is InChI=1S/C31H36Cl2N2O6/c1-30(2,3)41-25(36)16-20-12-11-19(17-31(20,4)5)27(37)35-24(29(39)40)15-18-9-13-21(14-10-18)34-28(38)26-22(32)7-6-8-23(26)33/h6-10,13-14,16,19,24H,11-12,15,17H2,1-5H3,(H,34,38)(H,35,37)(H,39,40)/b20-16+/t19?,24-/m0/s1. The second kappa shape index (κ2) is 13.1. The lowest BCUT2D eigenvalue weighted by atomic mass is 9.68. The molecule has 1 aliphatic rings. The molecule has 0 bridgehead atoms. The van der Waals surface area contributed by atoms with Gasteiger partial charge >= 0.3 is 11.9 Å². The highest BCUT2D eigenvalue weighted by atomic mass is 35.5. The number of ether oxygens (including phenoxy) is 1. The van der Waals surface area contributed by atoms with E-state index in [9.17, 15) is 24.3 Å². The Bertz CT molecular complexity index is 1330. The molecule has 41 heavy (non-hydrogen) atoms. The minimum absolute atomic E-state index is 0.0611. The van der Waals surface area contributed by atoms with Crippen LogP contribution in [0.5, 0.6) is 0 Å². The van der Waals surface area contributed by atoms with E-state index in [0.29, 0.717) is 30.5 Å². The van der Waals surface area contributed by atoms with E-state index < -0.39 is 40.8 Å². The molecule has 0 radical (unpaired) electrons. The zero-order valence-electron chi connectivity index (χ0n) is 23.8. The number of aliphatic carboxylic acids is 1. The predicted octanol–water partition coefficient (Wildman–Crippen LogP) is 6.45. The number of esters is 1. The Hall–Kier alpha value is -3.36. The summed E-state index contributed by atoms with van der Waals surface area (Å²) in [5.74, 6) is -2.75. The van der Waals surface area contributed by atoms with Crippen LogP contribution in [0, 0.1) is 11.3 Å². The zero-order chi connectivity index (χ0) is 30.5. The summed E-state index contributed by atoms with van der Waals surface area (Å²) in [6.45, 7) is 9.35. The first-order valence-electron chi connectivity index (χ1n) is 13.4. The fourth-order valence-electron chi connectivity index (χ4n) is 4.84. The smallest absolute Gasteiger partial charge is 0.331 e. The molecule has 2 atom stereocenters. The van der Waals surface area contributed by atoms with E-state index >= 15 is 0 Å². The second-order valence-corrected chi connectivity index (χ2v) is 12.7. The maximum atomic E-state index is 13.1. The summed E-state index contributed by atoms with van der Waals surface area (Å²) < 4.78 is 5.41. The Morgan fingerprint density at radius 2 is 1.68 bits per heavy atom. The van der Waals surface area contributed by atoms with Gasteiger partial charge in [-0.05, 0) is 75.3 Å². The van der Waals surface area contributed by atoms with Gasteiger partial charge in [-0.25, -0.2) is 9.59 Å². The minimum Gasteiger partial charge on any atom is -0.480 e. The number of anilines is 1. The van der Waals surface area contributed by atoms with Crippen LogP contribution in [0.4, 0.5) is 5.69 Å². The molecular weight excluding hydrogens is 567 g/mol.